The summed E-state index contributed by atoms with van der Waals surface area (Å²) in [6, 6.07) is 10.3. The van der Waals surface area contributed by atoms with E-state index in [-0.39, 0.29) is 5.69 Å². The molecular weight excluding hydrogens is 264 g/mol. The number of imidazole rings is 1. The zero-order valence-corrected chi connectivity index (χ0v) is 11.6. The number of benzene rings is 1. The molecule has 0 aliphatic heterocycles. The highest BCUT2D eigenvalue weighted by atomic mass is 16.1. The van der Waals surface area contributed by atoms with Gasteiger partial charge in [0.15, 0.2) is 0 Å². The minimum Gasteiger partial charge on any atom is -0.383 e. The van der Waals surface area contributed by atoms with E-state index in [1.54, 1.807) is 4.57 Å². The van der Waals surface area contributed by atoms with E-state index in [0.717, 1.165) is 29.3 Å². The Bertz CT molecular complexity index is 873. The number of fused-ring (bicyclic) bond motifs is 1. The number of nitrogens with zero attached hydrogens (tertiary/aromatic N) is 3. The maximum absolute atomic E-state index is 12.3. The average Bonchev–Trinajstić information content (AvgIpc) is 3.26. The van der Waals surface area contributed by atoms with Crippen molar-refractivity contribution >= 4 is 16.7 Å². The largest absolute Gasteiger partial charge is 0.383 e. The van der Waals surface area contributed by atoms with Crippen molar-refractivity contribution in [3.8, 4) is 0 Å². The molecule has 3 aromatic rings. The summed E-state index contributed by atoms with van der Waals surface area (Å²) >= 11 is 0. The first kappa shape index (κ1) is 12.2. The van der Waals surface area contributed by atoms with Gasteiger partial charge in [-0.2, -0.15) is 0 Å². The molecule has 1 saturated carbocycles. The smallest absolute Gasteiger partial charge is 0.328 e. The molecule has 0 unspecified atom stereocenters. The van der Waals surface area contributed by atoms with Crippen molar-refractivity contribution in [2.45, 2.75) is 25.4 Å². The van der Waals surface area contributed by atoms with E-state index < -0.39 is 0 Å². The van der Waals surface area contributed by atoms with Gasteiger partial charge in [0, 0.05) is 29.4 Å². The monoisotopic (exact) mass is 280 g/mol. The summed E-state index contributed by atoms with van der Waals surface area (Å²) in [5.74, 6) is 0.486. The van der Waals surface area contributed by atoms with Gasteiger partial charge in [0.25, 0.3) is 0 Å². The van der Waals surface area contributed by atoms with Gasteiger partial charge in [-0.3, -0.25) is 9.13 Å². The molecular formula is C16H16N4O. The SMILES string of the molecule is Nc1nc2ccccc2cc1Cn1ccn(C2CC2)c1=O. The van der Waals surface area contributed by atoms with Crippen LogP contribution >= 0.6 is 0 Å². The minimum absolute atomic E-state index is 0.0325. The van der Waals surface area contributed by atoms with Crippen LogP contribution in [-0.4, -0.2) is 14.1 Å². The van der Waals surface area contributed by atoms with Gasteiger partial charge in [0.1, 0.15) is 5.82 Å². The molecule has 0 bridgehead atoms. The molecule has 0 atom stereocenters. The molecule has 21 heavy (non-hydrogen) atoms. The van der Waals surface area contributed by atoms with Crippen LogP contribution in [0.3, 0.4) is 0 Å². The lowest BCUT2D eigenvalue weighted by Crippen LogP contribution is -2.24. The molecule has 1 aromatic carbocycles. The van der Waals surface area contributed by atoms with Gasteiger partial charge in [-0.1, -0.05) is 18.2 Å². The Labute approximate surface area is 121 Å². The number of nitrogen functional groups attached to an aromatic ring is 1. The molecule has 0 amide bonds. The van der Waals surface area contributed by atoms with Crippen LogP contribution in [0, 0.1) is 0 Å². The highest BCUT2D eigenvalue weighted by Gasteiger charge is 2.25. The average molecular weight is 280 g/mol. The summed E-state index contributed by atoms with van der Waals surface area (Å²) in [4.78, 5) is 16.7. The third-order valence-electron chi connectivity index (χ3n) is 3.99. The van der Waals surface area contributed by atoms with Gasteiger partial charge in [0.05, 0.1) is 12.1 Å². The van der Waals surface area contributed by atoms with E-state index in [1.165, 1.54) is 0 Å². The Morgan fingerprint density at radius 1 is 1.24 bits per heavy atom. The van der Waals surface area contributed by atoms with Crippen molar-refractivity contribution in [3.63, 3.8) is 0 Å². The lowest BCUT2D eigenvalue weighted by Gasteiger charge is -2.07. The fourth-order valence-electron chi connectivity index (χ4n) is 2.66. The topological polar surface area (TPSA) is 65.8 Å². The highest BCUT2D eigenvalue weighted by molar-refractivity contribution is 5.81. The van der Waals surface area contributed by atoms with Crippen LogP contribution in [0.4, 0.5) is 5.82 Å². The molecule has 1 aliphatic carbocycles. The lowest BCUT2D eigenvalue weighted by atomic mass is 10.1. The lowest BCUT2D eigenvalue weighted by molar-refractivity contribution is 0.656. The van der Waals surface area contributed by atoms with Gasteiger partial charge in [-0.25, -0.2) is 9.78 Å². The third-order valence-corrected chi connectivity index (χ3v) is 3.99. The van der Waals surface area contributed by atoms with Gasteiger partial charge in [-0.15, -0.1) is 0 Å². The zero-order valence-electron chi connectivity index (χ0n) is 11.6. The number of nitrogens with two attached hydrogens (primary N) is 1. The van der Waals surface area contributed by atoms with Crippen molar-refractivity contribution < 1.29 is 0 Å². The van der Waals surface area contributed by atoms with Gasteiger partial charge >= 0.3 is 5.69 Å². The summed E-state index contributed by atoms with van der Waals surface area (Å²) in [5.41, 5.74) is 7.82. The number of hydrogen-bond acceptors (Lipinski definition) is 3. The number of aromatic nitrogens is 3. The predicted molar refractivity (Wildman–Crippen MR) is 82.2 cm³/mol. The molecule has 1 aliphatic rings. The van der Waals surface area contributed by atoms with Crippen LogP contribution in [0.2, 0.25) is 0 Å². The normalized spacial score (nSPS) is 14.7. The van der Waals surface area contributed by atoms with Crippen molar-refractivity contribution in [1.82, 2.24) is 14.1 Å². The molecule has 5 heteroatoms. The van der Waals surface area contributed by atoms with Crippen LogP contribution in [-0.2, 0) is 6.54 Å². The molecule has 2 N–H and O–H groups in total. The maximum atomic E-state index is 12.3. The van der Waals surface area contributed by atoms with E-state index in [9.17, 15) is 4.79 Å². The molecule has 5 nitrogen and oxygen atoms in total. The summed E-state index contributed by atoms with van der Waals surface area (Å²) in [5, 5.41) is 1.04. The molecule has 1 fully saturated rings. The molecule has 2 aromatic heterocycles. The van der Waals surface area contributed by atoms with E-state index in [0.29, 0.717) is 18.4 Å². The quantitative estimate of drug-likeness (QED) is 0.799. The van der Waals surface area contributed by atoms with Crippen LogP contribution < -0.4 is 11.4 Å². The summed E-state index contributed by atoms with van der Waals surface area (Å²) in [6.45, 7) is 0.461. The molecule has 106 valence electrons. The fraction of sp³-hybridized carbons (Fsp3) is 0.250. The van der Waals surface area contributed by atoms with Crippen LogP contribution in [0.15, 0.2) is 47.5 Å². The third kappa shape index (κ3) is 2.11. The van der Waals surface area contributed by atoms with Crippen LogP contribution in [0.25, 0.3) is 10.9 Å². The van der Waals surface area contributed by atoms with Crippen molar-refractivity contribution in [3.05, 3.63) is 58.8 Å². The Balaban J connectivity index is 1.73. The minimum atomic E-state index is 0.0325. The highest BCUT2D eigenvalue weighted by Crippen LogP contribution is 2.33. The maximum Gasteiger partial charge on any atom is 0.328 e. The predicted octanol–water partition coefficient (Wildman–Crippen LogP) is 2.16. The fourth-order valence-corrected chi connectivity index (χ4v) is 2.66. The van der Waals surface area contributed by atoms with Crippen LogP contribution in [0.1, 0.15) is 24.4 Å². The van der Waals surface area contributed by atoms with Crippen LogP contribution in [0.5, 0.6) is 0 Å². The number of anilines is 1. The molecule has 2 heterocycles. The van der Waals surface area contributed by atoms with Crippen molar-refractivity contribution in [2.75, 3.05) is 5.73 Å². The van der Waals surface area contributed by atoms with Crippen molar-refractivity contribution in [2.24, 2.45) is 0 Å². The number of pyridine rings is 1. The standard InChI is InChI=1S/C16H16N4O/c17-15-12(9-11-3-1-2-4-14(11)18-15)10-19-7-8-20(16(19)21)13-5-6-13/h1-4,7-9,13H,5-6,10H2,(H2,17,18). The van der Waals surface area contributed by atoms with Crippen molar-refractivity contribution in [1.29, 1.82) is 0 Å². The van der Waals surface area contributed by atoms with Gasteiger partial charge < -0.3 is 5.73 Å². The Morgan fingerprint density at radius 2 is 2.05 bits per heavy atom. The number of para-hydroxylation sites is 1. The zero-order chi connectivity index (χ0) is 14.4. The van der Waals surface area contributed by atoms with Gasteiger partial charge in [0.2, 0.25) is 0 Å². The molecule has 0 saturated heterocycles. The second-order valence-corrected chi connectivity index (χ2v) is 5.57. The van der Waals surface area contributed by atoms with E-state index >= 15 is 0 Å². The first-order chi connectivity index (χ1) is 10.2. The molecule has 0 spiro atoms. The molecule has 4 rings (SSSR count). The molecule has 0 radical (unpaired) electrons. The number of hydrogen-bond donors (Lipinski definition) is 1. The Kier molecular flexibility index (Phi) is 2.60. The first-order valence-electron chi connectivity index (χ1n) is 7.14. The van der Waals surface area contributed by atoms with E-state index in [4.69, 9.17) is 5.73 Å². The summed E-state index contributed by atoms with van der Waals surface area (Å²) < 4.78 is 3.51. The first-order valence-corrected chi connectivity index (χ1v) is 7.14. The summed E-state index contributed by atoms with van der Waals surface area (Å²) in [6.07, 6.45) is 5.90. The Hall–Kier alpha value is -2.56. The van der Waals surface area contributed by atoms with Gasteiger partial charge in [-0.05, 0) is 25.0 Å². The second-order valence-electron chi connectivity index (χ2n) is 5.57. The van der Waals surface area contributed by atoms with E-state index in [1.807, 2.05) is 47.3 Å². The van der Waals surface area contributed by atoms with E-state index in [2.05, 4.69) is 4.98 Å². The Morgan fingerprint density at radius 3 is 2.86 bits per heavy atom. The number of rotatable bonds is 3. The summed E-state index contributed by atoms with van der Waals surface area (Å²) in [7, 11) is 0. The second kappa shape index (κ2) is 4.48.